The lowest BCUT2D eigenvalue weighted by molar-refractivity contribution is 0.407. The van der Waals surface area contributed by atoms with Crippen molar-refractivity contribution in [3.05, 3.63) is 101 Å². The van der Waals surface area contributed by atoms with Crippen molar-refractivity contribution in [3.8, 4) is 28.0 Å². The molecule has 0 saturated heterocycles. The number of ether oxygens (including phenoxy) is 1. The summed E-state index contributed by atoms with van der Waals surface area (Å²) in [6.45, 7) is 0. The first-order chi connectivity index (χ1) is 17.1. The summed E-state index contributed by atoms with van der Waals surface area (Å²) in [5.74, 6) is -10.8. The predicted octanol–water partition coefficient (Wildman–Crippen LogP) is 8.45. The summed E-state index contributed by atoms with van der Waals surface area (Å²) in [6.07, 6.45) is 0. The topological polar surface area (TPSA) is 9.23 Å². The molecular formula is C27H12F8O. The van der Waals surface area contributed by atoms with Gasteiger partial charge in [-0.2, -0.15) is 0 Å². The van der Waals surface area contributed by atoms with E-state index in [2.05, 4.69) is 0 Å². The fourth-order valence-corrected chi connectivity index (χ4v) is 4.42. The van der Waals surface area contributed by atoms with E-state index in [0.29, 0.717) is 24.3 Å². The third-order valence-electron chi connectivity index (χ3n) is 5.90. The number of methoxy groups -OCH3 is 1. The Balaban J connectivity index is 2.08. The second-order valence-electron chi connectivity index (χ2n) is 7.94. The van der Waals surface area contributed by atoms with Crippen LogP contribution in [-0.2, 0) is 0 Å². The molecule has 0 spiro atoms. The van der Waals surface area contributed by atoms with Crippen LogP contribution < -0.4 is 4.74 Å². The molecule has 0 fully saturated rings. The minimum atomic E-state index is -1.80. The summed E-state index contributed by atoms with van der Waals surface area (Å²) in [7, 11) is 1.17. The highest BCUT2D eigenvalue weighted by atomic mass is 19.2. The van der Waals surface area contributed by atoms with Gasteiger partial charge in [-0.25, -0.2) is 35.1 Å². The van der Waals surface area contributed by atoms with Crippen molar-refractivity contribution in [2.24, 2.45) is 0 Å². The van der Waals surface area contributed by atoms with E-state index in [1.165, 1.54) is 7.11 Å². The van der Waals surface area contributed by atoms with Gasteiger partial charge in [-0.1, -0.05) is 6.07 Å². The Morgan fingerprint density at radius 2 is 1.06 bits per heavy atom. The molecule has 0 aliphatic rings. The smallest absolute Gasteiger partial charge is 0.194 e. The molecule has 0 heterocycles. The molecule has 0 bridgehead atoms. The maximum absolute atomic E-state index is 15.3. The van der Waals surface area contributed by atoms with Crippen molar-refractivity contribution in [3.63, 3.8) is 0 Å². The highest BCUT2D eigenvalue weighted by molar-refractivity contribution is 6.21. The van der Waals surface area contributed by atoms with Gasteiger partial charge in [0.15, 0.2) is 17.5 Å². The van der Waals surface area contributed by atoms with E-state index in [-0.39, 0.29) is 16.5 Å². The van der Waals surface area contributed by atoms with E-state index >= 15 is 17.6 Å². The van der Waals surface area contributed by atoms with Crippen LogP contribution in [0.3, 0.4) is 0 Å². The van der Waals surface area contributed by atoms with Crippen LogP contribution in [0, 0.1) is 46.5 Å². The molecule has 5 aromatic carbocycles. The number of halogens is 8. The molecule has 1 nitrogen and oxygen atoms in total. The molecule has 0 saturated carbocycles. The van der Waals surface area contributed by atoms with Gasteiger partial charge < -0.3 is 4.74 Å². The molecule has 0 N–H and O–H groups in total. The van der Waals surface area contributed by atoms with Gasteiger partial charge in [0.2, 0.25) is 0 Å². The van der Waals surface area contributed by atoms with Crippen LogP contribution in [0.2, 0.25) is 0 Å². The molecule has 0 aliphatic carbocycles. The number of rotatable bonds is 3. The van der Waals surface area contributed by atoms with Crippen molar-refractivity contribution in [1.29, 1.82) is 0 Å². The normalized spacial score (nSPS) is 11.5. The van der Waals surface area contributed by atoms with Gasteiger partial charge in [0.25, 0.3) is 0 Å². The van der Waals surface area contributed by atoms with Crippen molar-refractivity contribution in [2.75, 3.05) is 7.11 Å². The fraction of sp³-hybridized carbons (Fsp3) is 0.0370. The summed E-state index contributed by atoms with van der Waals surface area (Å²) < 4.78 is 122. The van der Waals surface area contributed by atoms with Crippen LogP contribution in [0.5, 0.6) is 5.75 Å². The number of fused-ring (bicyclic) bond motifs is 2. The van der Waals surface area contributed by atoms with Crippen molar-refractivity contribution in [2.45, 2.75) is 0 Å². The summed E-state index contributed by atoms with van der Waals surface area (Å²) in [4.78, 5) is 0. The monoisotopic (exact) mass is 504 g/mol. The Labute approximate surface area is 198 Å². The molecule has 0 amide bonds. The van der Waals surface area contributed by atoms with E-state index in [1.54, 1.807) is 0 Å². The summed E-state index contributed by atoms with van der Waals surface area (Å²) in [5.41, 5.74) is -2.06. The largest absolute Gasteiger partial charge is 0.497 e. The van der Waals surface area contributed by atoms with Gasteiger partial charge in [0.05, 0.1) is 12.7 Å². The summed E-state index contributed by atoms with van der Waals surface area (Å²) >= 11 is 0. The second-order valence-corrected chi connectivity index (χ2v) is 7.94. The maximum Gasteiger partial charge on any atom is 0.194 e. The molecule has 182 valence electrons. The Bertz CT molecular complexity index is 1660. The Morgan fingerprint density at radius 1 is 0.500 bits per heavy atom. The van der Waals surface area contributed by atoms with E-state index in [1.807, 2.05) is 0 Å². The SMILES string of the molecule is COc1cc(F)c(-c2c3ccc(F)cc3c(-c3cc(F)c(F)c(F)c3)c3c(F)ccc(F)c23)c(F)c1. The highest BCUT2D eigenvalue weighted by Gasteiger charge is 2.27. The average molecular weight is 504 g/mol. The lowest BCUT2D eigenvalue weighted by Gasteiger charge is -2.20. The van der Waals surface area contributed by atoms with Crippen LogP contribution in [0.25, 0.3) is 43.8 Å². The molecular weight excluding hydrogens is 492 g/mol. The zero-order valence-electron chi connectivity index (χ0n) is 18.1. The van der Waals surface area contributed by atoms with Crippen molar-refractivity contribution >= 4 is 21.5 Å². The zero-order valence-corrected chi connectivity index (χ0v) is 18.1. The van der Waals surface area contributed by atoms with Crippen LogP contribution in [-0.4, -0.2) is 7.11 Å². The van der Waals surface area contributed by atoms with Gasteiger partial charge in [-0.15, -0.1) is 0 Å². The fourth-order valence-electron chi connectivity index (χ4n) is 4.42. The van der Waals surface area contributed by atoms with Gasteiger partial charge in [0.1, 0.15) is 34.8 Å². The van der Waals surface area contributed by atoms with Crippen LogP contribution >= 0.6 is 0 Å². The van der Waals surface area contributed by atoms with E-state index < -0.39 is 79.6 Å². The first-order valence-corrected chi connectivity index (χ1v) is 10.3. The zero-order chi connectivity index (χ0) is 25.9. The summed E-state index contributed by atoms with van der Waals surface area (Å²) in [5, 5.41) is -1.67. The molecule has 5 rings (SSSR count). The van der Waals surface area contributed by atoms with Gasteiger partial charge in [-0.3, -0.25) is 0 Å². The highest BCUT2D eigenvalue weighted by Crippen LogP contribution is 2.47. The number of hydrogen-bond acceptors (Lipinski definition) is 1. The number of hydrogen-bond donors (Lipinski definition) is 0. The molecule has 5 aromatic rings. The molecule has 36 heavy (non-hydrogen) atoms. The first-order valence-electron chi connectivity index (χ1n) is 10.3. The Kier molecular flexibility index (Phi) is 5.58. The van der Waals surface area contributed by atoms with Crippen molar-refractivity contribution in [1.82, 2.24) is 0 Å². The summed E-state index contributed by atoms with van der Waals surface area (Å²) in [6, 6.07) is 6.99. The van der Waals surface area contributed by atoms with Crippen LogP contribution in [0.4, 0.5) is 35.1 Å². The second kappa shape index (κ2) is 8.51. The minimum Gasteiger partial charge on any atom is -0.497 e. The third kappa shape index (κ3) is 3.54. The third-order valence-corrected chi connectivity index (χ3v) is 5.90. The molecule has 0 atom stereocenters. The Morgan fingerprint density at radius 3 is 1.61 bits per heavy atom. The molecule has 0 aliphatic heterocycles. The van der Waals surface area contributed by atoms with Gasteiger partial charge in [0, 0.05) is 34.0 Å². The standard InChI is InChI=1S/C27H12F8O/c1-36-13-9-18(31)24(19(32)10-13)23-14-3-2-12(28)8-15(14)22(11-6-20(33)27(35)21(34)7-11)25-16(29)4-5-17(30)26(23)25/h2-10H,1H3. The molecule has 0 radical (unpaired) electrons. The van der Waals surface area contributed by atoms with E-state index in [9.17, 15) is 17.6 Å². The van der Waals surface area contributed by atoms with Gasteiger partial charge in [-0.05, 0) is 52.7 Å². The number of benzene rings is 5. The van der Waals surface area contributed by atoms with Crippen LogP contribution in [0.15, 0.2) is 54.6 Å². The molecule has 0 aromatic heterocycles. The van der Waals surface area contributed by atoms with E-state index in [4.69, 9.17) is 4.74 Å². The van der Waals surface area contributed by atoms with E-state index in [0.717, 1.165) is 30.3 Å². The maximum atomic E-state index is 15.3. The lowest BCUT2D eigenvalue weighted by atomic mass is 9.85. The quantitative estimate of drug-likeness (QED) is 0.136. The predicted molar refractivity (Wildman–Crippen MR) is 119 cm³/mol. The minimum absolute atomic E-state index is 0.156. The van der Waals surface area contributed by atoms with Gasteiger partial charge >= 0.3 is 0 Å². The van der Waals surface area contributed by atoms with Crippen molar-refractivity contribution < 1.29 is 39.9 Å². The molecule has 9 heteroatoms. The first kappa shape index (κ1) is 23.6. The van der Waals surface area contributed by atoms with Crippen LogP contribution in [0.1, 0.15) is 0 Å². The average Bonchev–Trinajstić information content (AvgIpc) is 2.83. The molecule has 0 unspecified atom stereocenters. The lowest BCUT2D eigenvalue weighted by Crippen LogP contribution is -2.00. The Hall–Kier alpha value is -4.14.